The van der Waals surface area contributed by atoms with Gasteiger partial charge < -0.3 is 0 Å². The molecule has 1 heterocycles. The Hall–Kier alpha value is -3.45. The number of aliphatic imine (C=N–C) groups is 3. The van der Waals surface area contributed by atoms with Crippen LogP contribution in [0.15, 0.2) is 29.4 Å². The lowest BCUT2D eigenvalue weighted by molar-refractivity contribution is 0.413. The fraction of sp³-hybridized carbons (Fsp3) is 0.400. The molecule has 1 aromatic rings. The lowest BCUT2D eigenvalue weighted by Crippen LogP contribution is -2.54. The first-order chi connectivity index (χ1) is 10.5. The Morgan fingerprint density at radius 1 is 0.864 bits per heavy atom. The molecule has 0 bridgehead atoms. The summed E-state index contributed by atoms with van der Waals surface area (Å²) in [5, 5.41) is 0. The van der Waals surface area contributed by atoms with Crippen LogP contribution in [0.2, 0.25) is 0 Å². The first-order valence-corrected chi connectivity index (χ1v) is 5.60. The van der Waals surface area contributed by atoms with Gasteiger partial charge >= 0.3 is 17.1 Å². The zero-order chi connectivity index (χ0) is 16.7. The summed E-state index contributed by atoms with van der Waals surface area (Å²) >= 11 is 0. The van der Waals surface area contributed by atoms with E-state index in [0.717, 1.165) is 12.2 Å². The number of aromatic nitrogens is 3. The molecule has 0 saturated heterocycles. The van der Waals surface area contributed by atoms with Gasteiger partial charge in [-0.15, -0.1) is 0 Å². The average molecular weight is 308 g/mol. The third-order valence-electron chi connectivity index (χ3n) is 2.50. The summed E-state index contributed by atoms with van der Waals surface area (Å²) in [7, 11) is 0. The zero-order valence-electron chi connectivity index (χ0n) is 11.1. The number of rotatable bonds is 6. The Kier molecular flexibility index (Phi) is 5.56. The minimum atomic E-state index is -1.27. The summed E-state index contributed by atoms with van der Waals surface area (Å²) in [5.41, 5.74) is -3.44. The number of hydrogen-bond donors (Lipinski definition) is 0. The van der Waals surface area contributed by atoms with E-state index in [2.05, 4.69) is 15.0 Å². The maximum atomic E-state index is 12.1. The molecule has 22 heavy (non-hydrogen) atoms. The Labute approximate surface area is 120 Å². The van der Waals surface area contributed by atoms with E-state index in [1.54, 1.807) is 0 Å². The zero-order valence-corrected chi connectivity index (χ0v) is 11.1. The third kappa shape index (κ3) is 3.17. The van der Waals surface area contributed by atoms with E-state index in [0.29, 0.717) is 13.7 Å². The minimum absolute atomic E-state index is 0.420. The molecule has 0 N–H and O–H groups in total. The molecule has 0 aliphatic heterocycles. The molecule has 1 rings (SSSR count). The average Bonchev–Trinajstić information content (AvgIpc) is 2.47. The van der Waals surface area contributed by atoms with Crippen LogP contribution < -0.4 is 17.1 Å². The molecule has 0 aliphatic carbocycles. The van der Waals surface area contributed by atoms with Crippen molar-refractivity contribution in [3.05, 3.63) is 31.5 Å². The molecular weight excluding hydrogens is 300 g/mol. The van der Waals surface area contributed by atoms with Gasteiger partial charge in [0.25, 0.3) is 0 Å². The normalized spacial score (nSPS) is 10.8. The maximum absolute atomic E-state index is 12.1. The molecule has 0 fully saturated rings. The first kappa shape index (κ1) is 16.6. The highest BCUT2D eigenvalue weighted by Gasteiger charge is 2.18. The molecule has 0 spiro atoms. The highest BCUT2D eigenvalue weighted by molar-refractivity contribution is 5.33. The Morgan fingerprint density at radius 2 is 1.32 bits per heavy atom. The van der Waals surface area contributed by atoms with Gasteiger partial charge in [-0.1, -0.05) is 0 Å². The summed E-state index contributed by atoms with van der Waals surface area (Å²) in [6.45, 7) is -0.188. The van der Waals surface area contributed by atoms with Crippen molar-refractivity contribution in [3.63, 3.8) is 0 Å². The van der Waals surface area contributed by atoms with Crippen molar-refractivity contribution in [1.29, 1.82) is 0 Å². The fourth-order valence-electron chi connectivity index (χ4n) is 1.55. The third-order valence-corrected chi connectivity index (χ3v) is 2.50. The van der Waals surface area contributed by atoms with E-state index < -0.39 is 36.6 Å². The molecule has 12 nitrogen and oxygen atoms in total. The topological polar surface area (TPSA) is 154 Å². The fourth-order valence-corrected chi connectivity index (χ4v) is 1.55. The molecule has 1 aromatic heterocycles. The summed E-state index contributed by atoms with van der Waals surface area (Å²) < 4.78 is 1.29. The van der Waals surface area contributed by atoms with Gasteiger partial charge in [0.05, 0.1) is 0 Å². The second kappa shape index (κ2) is 7.36. The first-order valence-electron chi connectivity index (χ1n) is 5.60. The minimum Gasteiger partial charge on any atom is -0.247 e. The van der Waals surface area contributed by atoms with Gasteiger partial charge in [-0.2, -0.15) is 15.0 Å². The van der Waals surface area contributed by atoms with Crippen LogP contribution in [-0.2, 0) is 27.7 Å². The van der Waals surface area contributed by atoms with Crippen molar-refractivity contribution < 1.29 is 14.4 Å². The summed E-state index contributed by atoms with van der Waals surface area (Å²) in [6, 6.07) is 0. The molecule has 1 unspecified atom stereocenters. The van der Waals surface area contributed by atoms with Crippen LogP contribution >= 0.6 is 0 Å². The van der Waals surface area contributed by atoms with Gasteiger partial charge in [0, 0.05) is 0 Å². The van der Waals surface area contributed by atoms with E-state index in [4.69, 9.17) is 0 Å². The van der Waals surface area contributed by atoms with E-state index in [1.807, 2.05) is 0 Å². The molecule has 1 atom stereocenters. The van der Waals surface area contributed by atoms with Crippen LogP contribution in [0, 0.1) is 0 Å². The van der Waals surface area contributed by atoms with Gasteiger partial charge in [0.1, 0.15) is 19.5 Å². The van der Waals surface area contributed by atoms with Gasteiger partial charge in [-0.05, 0) is 6.92 Å². The van der Waals surface area contributed by atoms with Crippen LogP contribution in [0.25, 0.3) is 0 Å². The van der Waals surface area contributed by atoms with E-state index in [9.17, 15) is 28.8 Å². The van der Waals surface area contributed by atoms with Crippen molar-refractivity contribution in [2.75, 3.05) is 0 Å². The van der Waals surface area contributed by atoms with Gasteiger partial charge in [0.15, 0.2) is 0 Å². The van der Waals surface area contributed by atoms with Crippen LogP contribution in [0.1, 0.15) is 13.1 Å². The standard InChI is InChI=1S/C10H8N6O6/c1-7(13-6-19)16-9(21)14(2-11-4-17)8(20)15(10(16)22)3-12-5-18/h7H,2-3H2,1H3. The Bertz CT molecular complexity index is 830. The number of isocyanates is 3. The van der Waals surface area contributed by atoms with E-state index in [1.165, 1.54) is 13.0 Å². The molecule has 0 radical (unpaired) electrons. The molecule has 0 saturated carbocycles. The van der Waals surface area contributed by atoms with Crippen molar-refractivity contribution in [1.82, 2.24) is 13.7 Å². The lowest BCUT2D eigenvalue weighted by Gasteiger charge is -2.12. The molecule has 0 amide bonds. The summed E-state index contributed by atoms with van der Waals surface area (Å²) in [4.78, 5) is 76.0. The molecule has 0 aromatic carbocycles. The van der Waals surface area contributed by atoms with Gasteiger partial charge in [-0.25, -0.2) is 42.5 Å². The van der Waals surface area contributed by atoms with Crippen LogP contribution in [0.4, 0.5) is 0 Å². The molecular formula is C10H8N6O6. The lowest BCUT2D eigenvalue weighted by atomic mass is 10.5. The van der Waals surface area contributed by atoms with Crippen LogP contribution in [0.5, 0.6) is 0 Å². The quantitative estimate of drug-likeness (QED) is 0.422. The second-order valence-corrected chi connectivity index (χ2v) is 3.71. The predicted octanol–water partition coefficient (Wildman–Crippen LogP) is -2.39. The van der Waals surface area contributed by atoms with Crippen molar-refractivity contribution >= 4 is 18.2 Å². The van der Waals surface area contributed by atoms with Crippen molar-refractivity contribution in [3.8, 4) is 0 Å². The molecule has 114 valence electrons. The maximum Gasteiger partial charge on any atom is 0.339 e. The largest absolute Gasteiger partial charge is 0.339 e. The van der Waals surface area contributed by atoms with Gasteiger partial charge in [-0.3, -0.25) is 0 Å². The SMILES string of the molecule is CC(N=C=O)n1c(=O)n(CN=C=O)c(=O)n(CN=C=O)c1=O. The van der Waals surface area contributed by atoms with Gasteiger partial charge in [0.2, 0.25) is 18.2 Å². The number of hydrogen-bond acceptors (Lipinski definition) is 9. The predicted molar refractivity (Wildman–Crippen MR) is 68.3 cm³/mol. The highest BCUT2D eigenvalue weighted by Crippen LogP contribution is 1.97. The summed E-state index contributed by atoms with van der Waals surface area (Å²) in [5.74, 6) is 0. The Balaban J connectivity index is 3.84. The van der Waals surface area contributed by atoms with Crippen molar-refractivity contribution in [2.45, 2.75) is 26.4 Å². The Morgan fingerprint density at radius 3 is 1.68 bits per heavy atom. The summed E-state index contributed by atoms with van der Waals surface area (Å²) in [6.07, 6.45) is 2.16. The van der Waals surface area contributed by atoms with Crippen LogP contribution in [-0.4, -0.2) is 31.9 Å². The molecule has 0 aliphatic rings. The monoisotopic (exact) mass is 308 g/mol. The molecule has 12 heteroatoms. The smallest absolute Gasteiger partial charge is 0.247 e. The van der Waals surface area contributed by atoms with Crippen molar-refractivity contribution in [2.24, 2.45) is 15.0 Å². The van der Waals surface area contributed by atoms with Crippen LogP contribution in [0.3, 0.4) is 0 Å². The van der Waals surface area contributed by atoms with E-state index in [-0.39, 0.29) is 0 Å². The second-order valence-electron chi connectivity index (χ2n) is 3.71. The number of carbonyl (C=O) groups excluding carboxylic acids is 3. The highest BCUT2D eigenvalue weighted by atomic mass is 16.2. The number of nitrogens with zero attached hydrogens (tertiary/aromatic N) is 6. The van der Waals surface area contributed by atoms with E-state index >= 15 is 0 Å².